The van der Waals surface area contributed by atoms with Gasteiger partial charge in [0.05, 0.1) is 18.6 Å². The quantitative estimate of drug-likeness (QED) is 0.195. The summed E-state index contributed by atoms with van der Waals surface area (Å²) < 4.78 is 4.91. The van der Waals surface area contributed by atoms with Gasteiger partial charge in [0, 0.05) is 12.4 Å². The number of aromatic amines is 1. The Kier molecular flexibility index (Phi) is 7.48. The van der Waals surface area contributed by atoms with Gasteiger partial charge in [-0.1, -0.05) is 71.4 Å². The lowest BCUT2D eigenvalue weighted by Crippen LogP contribution is -2.02. The van der Waals surface area contributed by atoms with Gasteiger partial charge in [-0.05, 0) is 67.7 Å². The van der Waals surface area contributed by atoms with Crippen molar-refractivity contribution >= 4 is 46.3 Å². The second-order valence-corrected chi connectivity index (χ2v) is 10.1. The molecule has 0 bridgehead atoms. The lowest BCUT2D eigenvalue weighted by Gasteiger charge is -2.07. The van der Waals surface area contributed by atoms with Gasteiger partial charge in [0.25, 0.3) is 0 Å². The highest BCUT2D eigenvalue weighted by Gasteiger charge is 2.11. The van der Waals surface area contributed by atoms with E-state index < -0.39 is 0 Å². The minimum Gasteiger partial charge on any atom is -0.329 e. The van der Waals surface area contributed by atoms with E-state index >= 15 is 0 Å². The maximum Gasteiger partial charge on any atom is 0.179 e. The molecule has 0 atom stereocenters. The first-order chi connectivity index (χ1) is 18.0. The molecule has 186 valence electrons. The lowest BCUT2D eigenvalue weighted by molar-refractivity contribution is 0.725. The number of aryl methyl sites for hydroxylation is 2. The Bertz CT molecular complexity index is 1700. The van der Waals surface area contributed by atoms with Gasteiger partial charge in [-0.3, -0.25) is 9.13 Å². The van der Waals surface area contributed by atoms with Gasteiger partial charge in [0.2, 0.25) is 0 Å². The Morgan fingerprint density at radius 1 is 0.757 bits per heavy atom. The number of H-pyrrole nitrogens is 1. The van der Waals surface area contributed by atoms with Gasteiger partial charge in [0.1, 0.15) is 5.52 Å². The summed E-state index contributed by atoms with van der Waals surface area (Å²) in [7, 11) is 0. The maximum absolute atomic E-state index is 5.35. The third-order valence-corrected chi connectivity index (χ3v) is 7.10. The molecular formula is C29H28N6S2. The summed E-state index contributed by atoms with van der Waals surface area (Å²) in [6.45, 7) is 5.74. The van der Waals surface area contributed by atoms with Crippen LogP contribution in [0, 0.1) is 18.6 Å². The molecular weight excluding hydrogens is 496 g/mol. The average molecular weight is 525 g/mol. The molecule has 0 fully saturated rings. The summed E-state index contributed by atoms with van der Waals surface area (Å²) in [5.41, 5.74) is 8.83. The molecule has 37 heavy (non-hydrogen) atoms. The maximum atomic E-state index is 5.35. The largest absolute Gasteiger partial charge is 0.329 e. The van der Waals surface area contributed by atoms with Gasteiger partial charge >= 0.3 is 0 Å². The molecule has 0 radical (unpaired) electrons. The number of fused-ring (bicyclic) bond motifs is 2. The standard InChI is InChI=1S/C15H15N3S.C14H13N3S/c1-11-5-7-12(8-6-11)10-18-14-13(4-3-9-16-14)17-15(18)19-2;1-10-4-6-11(7-5-10)9-17-13-12(16-14(17)18)3-2-8-15-13/h3-9H,10H2,1-2H3;2-8H,9H2,1H3,(H,16,18). The Labute approximate surface area is 225 Å². The number of hydrogen-bond donors (Lipinski definition) is 1. The lowest BCUT2D eigenvalue weighted by atomic mass is 10.1. The molecule has 4 heterocycles. The predicted octanol–water partition coefficient (Wildman–Crippen LogP) is 6.96. The van der Waals surface area contributed by atoms with Gasteiger partial charge in [0.15, 0.2) is 21.2 Å². The van der Waals surface area contributed by atoms with Crippen LogP contribution in [0.2, 0.25) is 0 Å². The summed E-state index contributed by atoms with van der Waals surface area (Å²) in [5.74, 6) is 0. The van der Waals surface area contributed by atoms with Crippen molar-refractivity contribution in [3.05, 3.63) is 112 Å². The van der Waals surface area contributed by atoms with E-state index in [9.17, 15) is 0 Å². The summed E-state index contributed by atoms with van der Waals surface area (Å²) >= 11 is 7.00. The number of nitrogens with zero attached hydrogens (tertiary/aromatic N) is 5. The third kappa shape index (κ3) is 5.65. The fraction of sp³-hybridized carbons (Fsp3) is 0.172. The Balaban J connectivity index is 0.000000152. The molecule has 0 aliphatic heterocycles. The van der Waals surface area contributed by atoms with Crippen molar-refractivity contribution in [1.29, 1.82) is 0 Å². The van der Waals surface area contributed by atoms with Crippen molar-refractivity contribution in [1.82, 2.24) is 29.1 Å². The number of rotatable bonds is 5. The number of hydrogen-bond acceptors (Lipinski definition) is 5. The molecule has 0 saturated heterocycles. The van der Waals surface area contributed by atoms with Crippen molar-refractivity contribution in [2.24, 2.45) is 0 Å². The summed E-state index contributed by atoms with van der Waals surface area (Å²) in [6.07, 6.45) is 5.66. The SMILES string of the molecule is CSc1nc2cccnc2n1Cc1ccc(C)cc1.Cc1ccc(Cn2c(=S)[nH]c3cccnc32)cc1. The molecule has 0 aliphatic carbocycles. The van der Waals surface area contributed by atoms with Gasteiger partial charge < -0.3 is 4.98 Å². The van der Waals surface area contributed by atoms with Crippen LogP contribution >= 0.6 is 24.0 Å². The highest BCUT2D eigenvalue weighted by atomic mass is 32.2. The first kappa shape index (κ1) is 24.9. The number of aromatic nitrogens is 6. The predicted molar refractivity (Wildman–Crippen MR) is 155 cm³/mol. The highest BCUT2D eigenvalue weighted by Crippen LogP contribution is 2.22. The van der Waals surface area contributed by atoms with Crippen molar-refractivity contribution in [2.75, 3.05) is 6.26 Å². The molecule has 0 saturated carbocycles. The normalized spacial score (nSPS) is 11.0. The minimum absolute atomic E-state index is 0.712. The first-order valence-corrected chi connectivity index (χ1v) is 13.6. The Morgan fingerprint density at radius 2 is 1.32 bits per heavy atom. The number of imidazole rings is 2. The Morgan fingerprint density at radius 3 is 1.95 bits per heavy atom. The summed E-state index contributed by atoms with van der Waals surface area (Å²) in [4.78, 5) is 16.6. The van der Waals surface area contributed by atoms with Crippen LogP contribution in [-0.2, 0) is 13.1 Å². The molecule has 4 aromatic heterocycles. The van der Waals surface area contributed by atoms with Crippen LogP contribution in [0.4, 0.5) is 0 Å². The molecule has 2 aromatic carbocycles. The van der Waals surface area contributed by atoms with E-state index in [0.29, 0.717) is 4.77 Å². The molecule has 1 N–H and O–H groups in total. The number of nitrogens with one attached hydrogen (secondary N) is 1. The molecule has 0 amide bonds. The fourth-order valence-electron chi connectivity index (χ4n) is 4.12. The second-order valence-electron chi connectivity index (χ2n) is 8.89. The molecule has 0 aliphatic rings. The van der Waals surface area contributed by atoms with Crippen LogP contribution in [0.25, 0.3) is 22.3 Å². The van der Waals surface area contributed by atoms with Crippen molar-refractivity contribution in [3.63, 3.8) is 0 Å². The number of thioether (sulfide) groups is 1. The molecule has 8 heteroatoms. The van der Waals surface area contributed by atoms with E-state index in [2.05, 4.69) is 86.9 Å². The monoisotopic (exact) mass is 524 g/mol. The number of pyridine rings is 2. The van der Waals surface area contributed by atoms with E-state index in [1.54, 1.807) is 18.0 Å². The van der Waals surface area contributed by atoms with E-state index in [1.165, 1.54) is 22.3 Å². The van der Waals surface area contributed by atoms with Crippen LogP contribution in [0.5, 0.6) is 0 Å². The van der Waals surface area contributed by atoms with Crippen LogP contribution < -0.4 is 0 Å². The average Bonchev–Trinajstić information content (AvgIpc) is 3.43. The molecule has 0 spiro atoms. The minimum atomic E-state index is 0.712. The zero-order valence-corrected chi connectivity index (χ0v) is 22.7. The summed E-state index contributed by atoms with van der Waals surface area (Å²) in [5, 5.41) is 1.01. The van der Waals surface area contributed by atoms with E-state index in [1.807, 2.05) is 41.3 Å². The molecule has 6 nitrogen and oxygen atoms in total. The van der Waals surface area contributed by atoms with E-state index in [-0.39, 0.29) is 0 Å². The zero-order chi connectivity index (χ0) is 25.8. The smallest absolute Gasteiger partial charge is 0.179 e. The topological polar surface area (TPSA) is 64.3 Å². The number of benzene rings is 2. The third-order valence-electron chi connectivity index (χ3n) is 6.10. The zero-order valence-electron chi connectivity index (χ0n) is 21.0. The van der Waals surface area contributed by atoms with Crippen molar-refractivity contribution in [2.45, 2.75) is 32.1 Å². The van der Waals surface area contributed by atoms with Crippen LogP contribution in [-0.4, -0.2) is 35.3 Å². The second kappa shape index (κ2) is 11.1. The molecule has 6 aromatic rings. The molecule has 6 rings (SSSR count). The van der Waals surface area contributed by atoms with Crippen molar-refractivity contribution in [3.8, 4) is 0 Å². The van der Waals surface area contributed by atoms with Crippen LogP contribution in [0.15, 0.2) is 90.3 Å². The van der Waals surface area contributed by atoms with Crippen molar-refractivity contribution < 1.29 is 0 Å². The Hall–Kier alpha value is -3.75. The fourth-order valence-corrected chi connectivity index (χ4v) is 4.95. The van der Waals surface area contributed by atoms with Crippen LogP contribution in [0.1, 0.15) is 22.3 Å². The molecule has 0 unspecified atom stereocenters. The first-order valence-electron chi connectivity index (χ1n) is 12.0. The van der Waals surface area contributed by atoms with Gasteiger partial charge in [-0.25, -0.2) is 15.0 Å². The van der Waals surface area contributed by atoms with Crippen LogP contribution in [0.3, 0.4) is 0 Å². The van der Waals surface area contributed by atoms with E-state index in [0.717, 1.165) is 40.6 Å². The van der Waals surface area contributed by atoms with Gasteiger partial charge in [-0.15, -0.1) is 0 Å². The van der Waals surface area contributed by atoms with E-state index in [4.69, 9.17) is 12.2 Å². The van der Waals surface area contributed by atoms with Gasteiger partial charge in [-0.2, -0.15) is 0 Å². The summed E-state index contributed by atoms with van der Waals surface area (Å²) in [6, 6.07) is 24.9. The highest BCUT2D eigenvalue weighted by molar-refractivity contribution is 7.98.